The molecule has 0 spiro atoms. The molecular weight excluding hydrogens is 220 g/mol. The van der Waals surface area contributed by atoms with E-state index < -0.39 is 0 Å². The lowest BCUT2D eigenvalue weighted by atomic mass is 9.78. The van der Waals surface area contributed by atoms with Crippen molar-refractivity contribution in [3.05, 3.63) is 30.1 Å². The summed E-state index contributed by atoms with van der Waals surface area (Å²) in [5, 5.41) is 3.76. The fourth-order valence-electron chi connectivity index (χ4n) is 3.14. The van der Waals surface area contributed by atoms with Gasteiger partial charge in [0.25, 0.3) is 0 Å². The van der Waals surface area contributed by atoms with Crippen molar-refractivity contribution < 1.29 is 0 Å². The lowest BCUT2D eigenvalue weighted by Gasteiger charge is -2.35. The van der Waals surface area contributed by atoms with Gasteiger partial charge in [-0.2, -0.15) is 0 Å². The summed E-state index contributed by atoms with van der Waals surface area (Å²) in [7, 11) is 0. The Labute approximate surface area is 111 Å². The van der Waals surface area contributed by atoms with E-state index in [0.717, 1.165) is 13.0 Å². The topological polar surface area (TPSA) is 24.9 Å². The molecule has 1 aromatic rings. The van der Waals surface area contributed by atoms with Crippen molar-refractivity contribution in [2.75, 3.05) is 6.54 Å². The molecule has 1 aliphatic rings. The lowest BCUT2D eigenvalue weighted by molar-refractivity contribution is 0.218. The third-order valence-electron chi connectivity index (χ3n) is 4.37. The molecule has 2 nitrogen and oxygen atoms in total. The van der Waals surface area contributed by atoms with Gasteiger partial charge in [0.1, 0.15) is 0 Å². The molecule has 1 aromatic heterocycles. The van der Waals surface area contributed by atoms with Gasteiger partial charge in [-0.15, -0.1) is 0 Å². The smallest absolute Gasteiger partial charge is 0.0419 e. The van der Waals surface area contributed by atoms with Crippen molar-refractivity contribution in [2.45, 2.75) is 58.4 Å². The van der Waals surface area contributed by atoms with Crippen LogP contribution in [0.4, 0.5) is 0 Å². The first-order chi connectivity index (χ1) is 8.74. The SMILES string of the molecule is CCCNC(Cc1ccccn1)C1(C)CCCC1. The number of hydrogen-bond acceptors (Lipinski definition) is 2. The summed E-state index contributed by atoms with van der Waals surface area (Å²) in [5.74, 6) is 0. The number of hydrogen-bond donors (Lipinski definition) is 1. The summed E-state index contributed by atoms with van der Waals surface area (Å²) in [6.07, 6.45) is 9.68. The van der Waals surface area contributed by atoms with E-state index in [-0.39, 0.29) is 0 Å². The van der Waals surface area contributed by atoms with Crippen molar-refractivity contribution in [3.63, 3.8) is 0 Å². The average molecular weight is 246 g/mol. The standard InChI is InChI=1S/C16H26N2/c1-3-11-18-15(16(2)9-5-6-10-16)13-14-8-4-7-12-17-14/h4,7-8,12,15,18H,3,5-6,9-11,13H2,1-2H3. The van der Waals surface area contributed by atoms with E-state index in [1.807, 2.05) is 12.3 Å². The van der Waals surface area contributed by atoms with Crippen LogP contribution in [-0.4, -0.2) is 17.6 Å². The largest absolute Gasteiger partial charge is 0.313 e. The highest BCUT2D eigenvalue weighted by atomic mass is 14.9. The molecule has 1 N–H and O–H groups in total. The van der Waals surface area contributed by atoms with E-state index in [0.29, 0.717) is 11.5 Å². The minimum Gasteiger partial charge on any atom is -0.313 e. The summed E-state index contributed by atoms with van der Waals surface area (Å²) in [6, 6.07) is 6.82. The van der Waals surface area contributed by atoms with Gasteiger partial charge >= 0.3 is 0 Å². The van der Waals surface area contributed by atoms with Gasteiger partial charge in [-0.25, -0.2) is 0 Å². The maximum Gasteiger partial charge on any atom is 0.0419 e. The van der Waals surface area contributed by atoms with E-state index >= 15 is 0 Å². The highest BCUT2D eigenvalue weighted by Gasteiger charge is 2.36. The number of pyridine rings is 1. The second-order valence-electron chi connectivity index (χ2n) is 5.89. The number of nitrogens with zero attached hydrogens (tertiary/aromatic N) is 1. The Kier molecular flexibility index (Phi) is 4.76. The predicted molar refractivity (Wildman–Crippen MR) is 76.6 cm³/mol. The molecule has 0 aromatic carbocycles. The molecule has 1 saturated carbocycles. The van der Waals surface area contributed by atoms with Crippen LogP contribution < -0.4 is 5.32 Å². The second-order valence-corrected chi connectivity index (χ2v) is 5.89. The van der Waals surface area contributed by atoms with Gasteiger partial charge < -0.3 is 5.32 Å². The summed E-state index contributed by atoms with van der Waals surface area (Å²) < 4.78 is 0. The van der Waals surface area contributed by atoms with Gasteiger partial charge in [0.2, 0.25) is 0 Å². The molecule has 0 amide bonds. The van der Waals surface area contributed by atoms with Gasteiger partial charge in [-0.05, 0) is 43.4 Å². The second kappa shape index (κ2) is 6.33. The molecule has 0 saturated heterocycles. The molecule has 0 radical (unpaired) electrons. The van der Waals surface area contributed by atoms with Crippen LogP contribution in [0.15, 0.2) is 24.4 Å². The summed E-state index contributed by atoms with van der Waals surface area (Å²) in [6.45, 7) is 5.81. The molecule has 1 heterocycles. The molecule has 100 valence electrons. The van der Waals surface area contributed by atoms with Gasteiger partial charge in [0, 0.05) is 24.4 Å². The van der Waals surface area contributed by atoms with Gasteiger partial charge in [-0.1, -0.05) is 32.8 Å². The fourth-order valence-corrected chi connectivity index (χ4v) is 3.14. The van der Waals surface area contributed by atoms with Gasteiger partial charge in [0.15, 0.2) is 0 Å². The average Bonchev–Trinajstić information content (AvgIpc) is 2.84. The maximum atomic E-state index is 4.49. The van der Waals surface area contributed by atoms with E-state index in [2.05, 4.69) is 36.3 Å². The fraction of sp³-hybridized carbons (Fsp3) is 0.688. The summed E-state index contributed by atoms with van der Waals surface area (Å²) in [4.78, 5) is 4.49. The lowest BCUT2D eigenvalue weighted by Crippen LogP contribution is -2.44. The highest BCUT2D eigenvalue weighted by molar-refractivity contribution is 5.07. The van der Waals surface area contributed by atoms with Crippen LogP contribution in [-0.2, 0) is 6.42 Å². The zero-order valence-corrected chi connectivity index (χ0v) is 11.8. The molecule has 1 unspecified atom stereocenters. The predicted octanol–water partition coefficient (Wildman–Crippen LogP) is 3.57. The zero-order valence-electron chi connectivity index (χ0n) is 11.8. The van der Waals surface area contributed by atoms with Crippen LogP contribution >= 0.6 is 0 Å². The van der Waals surface area contributed by atoms with Crippen LogP contribution in [0.1, 0.15) is 51.6 Å². The minimum atomic E-state index is 0.465. The Hall–Kier alpha value is -0.890. The number of nitrogens with one attached hydrogen (secondary N) is 1. The Morgan fingerprint density at radius 1 is 1.33 bits per heavy atom. The number of rotatable bonds is 6. The third-order valence-corrected chi connectivity index (χ3v) is 4.37. The van der Waals surface area contributed by atoms with Gasteiger partial charge in [-0.3, -0.25) is 4.98 Å². The monoisotopic (exact) mass is 246 g/mol. The molecular formula is C16H26N2. The molecule has 1 aliphatic carbocycles. The van der Waals surface area contributed by atoms with Crippen LogP contribution in [0.25, 0.3) is 0 Å². The van der Waals surface area contributed by atoms with Crippen molar-refractivity contribution in [3.8, 4) is 0 Å². The maximum absolute atomic E-state index is 4.49. The van der Waals surface area contributed by atoms with E-state index in [1.165, 1.54) is 37.8 Å². The third kappa shape index (κ3) is 3.32. The Balaban J connectivity index is 2.05. The van der Waals surface area contributed by atoms with Crippen LogP contribution in [0.3, 0.4) is 0 Å². The molecule has 2 rings (SSSR count). The van der Waals surface area contributed by atoms with Crippen LogP contribution in [0, 0.1) is 5.41 Å². The van der Waals surface area contributed by atoms with Crippen LogP contribution in [0.2, 0.25) is 0 Å². The van der Waals surface area contributed by atoms with Crippen LogP contribution in [0.5, 0.6) is 0 Å². The minimum absolute atomic E-state index is 0.465. The van der Waals surface area contributed by atoms with Crippen molar-refractivity contribution in [2.24, 2.45) is 5.41 Å². The molecule has 1 fully saturated rings. The van der Waals surface area contributed by atoms with E-state index in [4.69, 9.17) is 0 Å². The molecule has 1 atom stereocenters. The first-order valence-electron chi connectivity index (χ1n) is 7.38. The quantitative estimate of drug-likeness (QED) is 0.830. The number of aromatic nitrogens is 1. The Morgan fingerprint density at radius 2 is 2.11 bits per heavy atom. The Morgan fingerprint density at radius 3 is 2.72 bits per heavy atom. The normalized spacial score (nSPS) is 19.9. The molecule has 18 heavy (non-hydrogen) atoms. The zero-order chi connectivity index (χ0) is 12.8. The highest BCUT2D eigenvalue weighted by Crippen LogP contribution is 2.41. The van der Waals surface area contributed by atoms with Crippen molar-refractivity contribution >= 4 is 0 Å². The first-order valence-corrected chi connectivity index (χ1v) is 7.38. The summed E-state index contributed by atoms with van der Waals surface area (Å²) in [5.41, 5.74) is 1.69. The first kappa shape index (κ1) is 13.5. The molecule has 0 aliphatic heterocycles. The summed E-state index contributed by atoms with van der Waals surface area (Å²) >= 11 is 0. The van der Waals surface area contributed by atoms with E-state index in [1.54, 1.807) is 0 Å². The Bertz CT molecular complexity index is 341. The van der Waals surface area contributed by atoms with Gasteiger partial charge in [0.05, 0.1) is 0 Å². The van der Waals surface area contributed by atoms with Crippen molar-refractivity contribution in [1.82, 2.24) is 10.3 Å². The molecule has 2 heteroatoms. The van der Waals surface area contributed by atoms with Crippen molar-refractivity contribution in [1.29, 1.82) is 0 Å². The van der Waals surface area contributed by atoms with E-state index in [9.17, 15) is 0 Å². The molecule has 0 bridgehead atoms.